The Morgan fingerprint density at radius 2 is 1.86 bits per heavy atom. The SMILES string of the molecule is COc1c(C2=CCCC=C2)cccc1C1=CC2CC2C=C1. The Labute approximate surface area is 126 Å². The molecule has 21 heavy (non-hydrogen) atoms. The van der Waals surface area contributed by atoms with E-state index in [1.54, 1.807) is 7.11 Å². The third kappa shape index (κ3) is 2.27. The average Bonchev–Trinajstić information content (AvgIpc) is 3.33. The molecule has 1 nitrogen and oxygen atoms in total. The molecule has 1 aromatic rings. The first-order valence-electron chi connectivity index (χ1n) is 7.81. The zero-order chi connectivity index (χ0) is 14.2. The number of para-hydroxylation sites is 1. The van der Waals surface area contributed by atoms with Crippen molar-refractivity contribution in [1.29, 1.82) is 0 Å². The van der Waals surface area contributed by atoms with Crippen LogP contribution in [-0.4, -0.2) is 7.11 Å². The number of rotatable bonds is 3. The smallest absolute Gasteiger partial charge is 0.134 e. The van der Waals surface area contributed by atoms with E-state index in [1.165, 1.54) is 28.7 Å². The van der Waals surface area contributed by atoms with Crippen molar-refractivity contribution in [3.63, 3.8) is 0 Å². The van der Waals surface area contributed by atoms with Crippen LogP contribution in [0.5, 0.6) is 5.75 Å². The predicted octanol–water partition coefficient (Wildman–Crippen LogP) is 5.02. The van der Waals surface area contributed by atoms with E-state index < -0.39 is 0 Å². The zero-order valence-corrected chi connectivity index (χ0v) is 12.4. The van der Waals surface area contributed by atoms with Crippen LogP contribution in [0.25, 0.3) is 11.1 Å². The molecule has 1 fully saturated rings. The monoisotopic (exact) mass is 276 g/mol. The second-order valence-electron chi connectivity index (χ2n) is 6.07. The Hall–Kier alpha value is -2.02. The van der Waals surface area contributed by atoms with Crippen LogP contribution in [0.3, 0.4) is 0 Å². The molecule has 0 bridgehead atoms. The van der Waals surface area contributed by atoms with Gasteiger partial charge in [-0.15, -0.1) is 0 Å². The van der Waals surface area contributed by atoms with E-state index in [0.717, 1.165) is 30.4 Å². The molecule has 3 aliphatic rings. The predicted molar refractivity (Wildman–Crippen MR) is 88.1 cm³/mol. The topological polar surface area (TPSA) is 9.23 Å². The molecule has 0 radical (unpaired) electrons. The van der Waals surface area contributed by atoms with Gasteiger partial charge in [0.05, 0.1) is 7.11 Å². The second kappa shape index (κ2) is 5.07. The average molecular weight is 276 g/mol. The van der Waals surface area contributed by atoms with E-state index in [1.807, 2.05) is 0 Å². The van der Waals surface area contributed by atoms with Crippen LogP contribution in [0.1, 0.15) is 30.4 Å². The molecule has 0 N–H and O–H groups in total. The lowest BCUT2D eigenvalue weighted by Crippen LogP contribution is -1.98. The molecule has 1 aromatic carbocycles. The number of hydrogen-bond acceptors (Lipinski definition) is 1. The molecule has 1 saturated carbocycles. The maximum absolute atomic E-state index is 5.78. The maximum Gasteiger partial charge on any atom is 0.134 e. The normalized spacial score (nSPS) is 26.0. The minimum Gasteiger partial charge on any atom is -0.495 e. The highest BCUT2D eigenvalue weighted by atomic mass is 16.5. The Balaban J connectivity index is 1.79. The first-order chi connectivity index (χ1) is 10.4. The number of hydrogen-bond donors (Lipinski definition) is 0. The molecule has 1 heteroatoms. The fourth-order valence-electron chi connectivity index (χ4n) is 3.37. The van der Waals surface area contributed by atoms with Gasteiger partial charge in [-0.25, -0.2) is 0 Å². The highest BCUT2D eigenvalue weighted by molar-refractivity contribution is 5.86. The van der Waals surface area contributed by atoms with Gasteiger partial charge in [0.15, 0.2) is 0 Å². The van der Waals surface area contributed by atoms with Crippen molar-refractivity contribution < 1.29 is 4.74 Å². The van der Waals surface area contributed by atoms with Gasteiger partial charge >= 0.3 is 0 Å². The molecule has 0 aliphatic heterocycles. The molecule has 0 aromatic heterocycles. The van der Waals surface area contributed by atoms with Crippen molar-refractivity contribution >= 4 is 11.1 Å². The summed E-state index contributed by atoms with van der Waals surface area (Å²) in [7, 11) is 1.78. The lowest BCUT2D eigenvalue weighted by atomic mass is 9.92. The van der Waals surface area contributed by atoms with Gasteiger partial charge in [-0.2, -0.15) is 0 Å². The first kappa shape index (κ1) is 12.7. The summed E-state index contributed by atoms with van der Waals surface area (Å²) >= 11 is 0. The van der Waals surface area contributed by atoms with Crippen molar-refractivity contribution in [3.05, 3.63) is 65.8 Å². The van der Waals surface area contributed by atoms with Crippen LogP contribution in [0.15, 0.2) is 54.7 Å². The van der Waals surface area contributed by atoms with Crippen LogP contribution in [0.4, 0.5) is 0 Å². The van der Waals surface area contributed by atoms with Gasteiger partial charge in [0.1, 0.15) is 5.75 Å². The summed E-state index contributed by atoms with van der Waals surface area (Å²) in [6, 6.07) is 6.48. The van der Waals surface area contributed by atoms with Gasteiger partial charge in [0.2, 0.25) is 0 Å². The third-order valence-electron chi connectivity index (χ3n) is 4.64. The number of methoxy groups -OCH3 is 1. The number of fused-ring (bicyclic) bond motifs is 1. The summed E-state index contributed by atoms with van der Waals surface area (Å²) in [6.07, 6.45) is 17.4. The van der Waals surface area contributed by atoms with E-state index in [9.17, 15) is 0 Å². The third-order valence-corrected chi connectivity index (χ3v) is 4.64. The highest BCUT2D eigenvalue weighted by Crippen LogP contribution is 2.47. The summed E-state index contributed by atoms with van der Waals surface area (Å²) in [5, 5.41) is 0. The molecular formula is C20H20O. The fourth-order valence-corrected chi connectivity index (χ4v) is 3.37. The molecule has 0 spiro atoms. The van der Waals surface area contributed by atoms with E-state index in [2.05, 4.69) is 54.7 Å². The standard InChI is InChI=1S/C20H20O/c1-21-20-18(14-6-3-2-4-7-14)8-5-9-19(20)16-11-10-15-12-17(15)13-16/h3,5-11,13,15,17H,2,4,12H2,1H3. The van der Waals surface area contributed by atoms with Gasteiger partial charge in [-0.3, -0.25) is 0 Å². The summed E-state index contributed by atoms with van der Waals surface area (Å²) in [6.45, 7) is 0. The van der Waals surface area contributed by atoms with Crippen molar-refractivity contribution in [3.8, 4) is 5.75 Å². The van der Waals surface area contributed by atoms with Crippen molar-refractivity contribution in [2.75, 3.05) is 7.11 Å². The van der Waals surface area contributed by atoms with Crippen LogP contribution in [-0.2, 0) is 0 Å². The van der Waals surface area contributed by atoms with E-state index in [4.69, 9.17) is 4.74 Å². The van der Waals surface area contributed by atoms with E-state index >= 15 is 0 Å². The molecule has 2 atom stereocenters. The van der Waals surface area contributed by atoms with Crippen molar-refractivity contribution in [2.24, 2.45) is 11.8 Å². The molecule has 0 saturated heterocycles. The van der Waals surface area contributed by atoms with Gasteiger partial charge in [0.25, 0.3) is 0 Å². The minimum absolute atomic E-state index is 0.757. The molecule has 3 aliphatic carbocycles. The Morgan fingerprint density at radius 3 is 2.57 bits per heavy atom. The minimum atomic E-state index is 0.757. The number of allylic oxidation sites excluding steroid dienone is 8. The fraction of sp³-hybridized carbons (Fsp3) is 0.300. The Morgan fingerprint density at radius 1 is 1.00 bits per heavy atom. The van der Waals surface area contributed by atoms with Crippen LogP contribution in [0, 0.1) is 11.8 Å². The first-order valence-corrected chi connectivity index (χ1v) is 7.81. The molecular weight excluding hydrogens is 256 g/mol. The summed E-state index contributed by atoms with van der Waals surface area (Å²) in [5.74, 6) is 2.56. The quantitative estimate of drug-likeness (QED) is 0.753. The van der Waals surface area contributed by atoms with E-state index in [0.29, 0.717) is 0 Å². The molecule has 106 valence electrons. The van der Waals surface area contributed by atoms with Crippen LogP contribution in [0.2, 0.25) is 0 Å². The van der Waals surface area contributed by atoms with Gasteiger partial charge in [0, 0.05) is 11.1 Å². The lowest BCUT2D eigenvalue weighted by molar-refractivity contribution is 0.412. The van der Waals surface area contributed by atoms with Gasteiger partial charge in [-0.1, -0.05) is 54.7 Å². The Kier molecular flexibility index (Phi) is 3.07. The number of ether oxygens (including phenoxy) is 1. The number of benzene rings is 1. The maximum atomic E-state index is 5.78. The highest BCUT2D eigenvalue weighted by Gasteiger charge is 2.35. The van der Waals surface area contributed by atoms with Gasteiger partial charge < -0.3 is 4.74 Å². The summed E-state index contributed by atoms with van der Waals surface area (Å²) < 4.78 is 5.78. The van der Waals surface area contributed by atoms with Gasteiger partial charge in [-0.05, 0) is 42.2 Å². The molecule has 2 unspecified atom stereocenters. The summed E-state index contributed by atoms with van der Waals surface area (Å²) in [4.78, 5) is 0. The molecule has 0 heterocycles. The zero-order valence-electron chi connectivity index (χ0n) is 12.4. The van der Waals surface area contributed by atoms with Crippen LogP contribution < -0.4 is 4.74 Å². The lowest BCUT2D eigenvalue weighted by Gasteiger charge is -2.17. The summed E-state index contributed by atoms with van der Waals surface area (Å²) in [5.41, 5.74) is 5.02. The molecule has 0 amide bonds. The van der Waals surface area contributed by atoms with Crippen molar-refractivity contribution in [1.82, 2.24) is 0 Å². The van der Waals surface area contributed by atoms with E-state index in [-0.39, 0.29) is 0 Å². The molecule has 4 rings (SSSR count). The Bertz CT molecular complexity index is 688. The largest absolute Gasteiger partial charge is 0.495 e. The van der Waals surface area contributed by atoms with Crippen molar-refractivity contribution in [2.45, 2.75) is 19.3 Å². The van der Waals surface area contributed by atoms with Crippen LogP contribution >= 0.6 is 0 Å². The second-order valence-corrected chi connectivity index (χ2v) is 6.07.